The van der Waals surface area contributed by atoms with E-state index in [1.165, 1.54) is 38.5 Å². The van der Waals surface area contributed by atoms with Gasteiger partial charge >= 0.3 is 0 Å². The summed E-state index contributed by atoms with van der Waals surface area (Å²) in [5.41, 5.74) is 0.827. The van der Waals surface area contributed by atoms with Gasteiger partial charge in [0.05, 0.1) is 30.6 Å². The normalized spacial score (nSPS) is 27.0. The van der Waals surface area contributed by atoms with Gasteiger partial charge in [0.15, 0.2) is 0 Å². The Balaban J connectivity index is 1.57. The van der Waals surface area contributed by atoms with E-state index in [0.29, 0.717) is 12.1 Å². The number of aliphatic hydroxyl groups is 1. The molecule has 1 spiro atoms. The molecule has 1 saturated heterocycles. The SMILES string of the molecule is CCC(O)c1cn(CC2CCC3(CCCCC3)O2)nn1. The number of rotatable bonds is 4. The average Bonchev–Trinajstić information content (AvgIpc) is 3.07. The molecular formula is C15H25N3O2. The molecule has 1 N–H and O–H groups in total. The van der Waals surface area contributed by atoms with Gasteiger partial charge in [-0.1, -0.05) is 31.4 Å². The molecule has 0 aromatic carbocycles. The fourth-order valence-electron chi connectivity index (χ4n) is 3.56. The van der Waals surface area contributed by atoms with E-state index < -0.39 is 6.10 Å². The lowest BCUT2D eigenvalue weighted by Gasteiger charge is -2.33. The molecule has 2 fully saturated rings. The second-order valence-electron chi connectivity index (χ2n) is 6.31. The van der Waals surface area contributed by atoms with Crippen molar-refractivity contribution < 1.29 is 9.84 Å². The van der Waals surface area contributed by atoms with E-state index in [1.54, 1.807) is 0 Å². The van der Waals surface area contributed by atoms with E-state index in [1.807, 2.05) is 17.8 Å². The Morgan fingerprint density at radius 3 is 2.95 bits per heavy atom. The summed E-state index contributed by atoms with van der Waals surface area (Å²) in [5.74, 6) is 0. The van der Waals surface area contributed by atoms with Gasteiger partial charge in [-0.15, -0.1) is 5.10 Å². The third-order valence-corrected chi connectivity index (χ3v) is 4.78. The fraction of sp³-hybridized carbons (Fsp3) is 0.867. The summed E-state index contributed by atoms with van der Waals surface area (Å²) in [6.07, 6.45) is 11.0. The number of ether oxygens (including phenoxy) is 1. The van der Waals surface area contributed by atoms with Gasteiger partial charge in [0, 0.05) is 0 Å². The Morgan fingerprint density at radius 2 is 2.20 bits per heavy atom. The molecule has 1 aliphatic heterocycles. The predicted octanol–water partition coefficient (Wildman–Crippen LogP) is 2.60. The fourth-order valence-corrected chi connectivity index (χ4v) is 3.56. The van der Waals surface area contributed by atoms with E-state index in [0.717, 1.165) is 13.0 Å². The Labute approximate surface area is 120 Å². The van der Waals surface area contributed by atoms with Crippen LogP contribution >= 0.6 is 0 Å². The second kappa shape index (κ2) is 5.82. The van der Waals surface area contributed by atoms with Crippen LogP contribution in [0.25, 0.3) is 0 Å². The van der Waals surface area contributed by atoms with E-state index >= 15 is 0 Å². The maximum absolute atomic E-state index is 9.76. The Bertz CT molecular complexity index is 440. The monoisotopic (exact) mass is 279 g/mol. The zero-order chi connectivity index (χ0) is 14.0. The summed E-state index contributed by atoms with van der Waals surface area (Å²) in [6, 6.07) is 0. The molecule has 5 nitrogen and oxygen atoms in total. The third-order valence-electron chi connectivity index (χ3n) is 4.78. The van der Waals surface area contributed by atoms with Crippen molar-refractivity contribution in [2.75, 3.05) is 0 Å². The highest BCUT2D eigenvalue weighted by atomic mass is 16.5. The molecule has 2 heterocycles. The van der Waals surface area contributed by atoms with Gasteiger partial charge in [-0.2, -0.15) is 0 Å². The molecule has 1 aromatic heterocycles. The smallest absolute Gasteiger partial charge is 0.111 e. The van der Waals surface area contributed by atoms with Crippen LogP contribution in [0.1, 0.15) is 70.1 Å². The second-order valence-corrected chi connectivity index (χ2v) is 6.31. The number of aromatic nitrogens is 3. The van der Waals surface area contributed by atoms with Gasteiger partial charge in [0.1, 0.15) is 5.69 Å². The van der Waals surface area contributed by atoms with E-state index in [-0.39, 0.29) is 11.7 Å². The first kappa shape index (κ1) is 14.0. The molecule has 1 saturated carbocycles. The molecular weight excluding hydrogens is 254 g/mol. The summed E-state index contributed by atoms with van der Waals surface area (Å²) in [7, 11) is 0. The minimum atomic E-state index is -0.502. The quantitative estimate of drug-likeness (QED) is 0.920. The average molecular weight is 279 g/mol. The zero-order valence-corrected chi connectivity index (χ0v) is 12.3. The molecule has 1 aliphatic carbocycles. The van der Waals surface area contributed by atoms with Crippen molar-refractivity contribution in [3.8, 4) is 0 Å². The van der Waals surface area contributed by atoms with E-state index in [4.69, 9.17) is 4.74 Å². The molecule has 1 aromatic rings. The largest absolute Gasteiger partial charge is 0.387 e. The molecule has 5 heteroatoms. The van der Waals surface area contributed by atoms with Gasteiger partial charge < -0.3 is 9.84 Å². The molecule has 2 atom stereocenters. The van der Waals surface area contributed by atoms with Crippen LogP contribution in [0.5, 0.6) is 0 Å². The van der Waals surface area contributed by atoms with Crippen LogP contribution in [0.3, 0.4) is 0 Å². The van der Waals surface area contributed by atoms with Crippen molar-refractivity contribution >= 4 is 0 Å². The highest BCUT2D eigenvalue weighted by molar-refractivity contribution is 4.97. The van der Waals surface area contributed by atoms with Crippen molar-refractivity contribution in [2.24, 2.45) is 0 Å². The highest BCUT2D eigenvalue weighted by Gasteiger charge is 2.40. The highest BCUT2D eigenvalue weighted by Crippen LogP contribution is 2.42. The molecule has 3 rings (SSSR count). The number of aliphatic hydroxyl groups excluding tert-OH is 1. The van der Waals surface area contributed by atoms with Crippen molar-refractivity contribution in [2.45, 2.75) is 82.6 Å². The van der Waals surface area contributed by atoms with Gasteiger partial charge in [-0.25, -0.2) is 4.68 Å². The van der Waals surface area contributed by atoms with Crippen LogP contribution in [-0.4, -0.2) is 31.8 Å². The Kier molecular flexibility index (Phi) is 4.08. The number of hydrogen-bond donors (Lipinski definition) is 1. The molecule has 0 radical (unpaired) electrons. The standard InChI is InChI=1S/C15H25N3O2/c1-2-14(19)13-11-18(17-16-13)10-12-6-9-15(20-12)7-4-3-5-8-15/h11-12,14,19H,2-10H2,1H3. The van der Waals surface area contributed by atoms with Crippen molar-refractivity contribution in [1.82, 2.24) is 15.0 Å². The lowest BCUT2D eigenvalue weighted by molar-refractivity contribution is -0.0689. The van der Waals surface area contributed by atoms with Crippen LogP contribution in [-0.2, 0) is 11.3 Å². The molecule has 2 unspecified atom stereocenters. The summed E-state index contributed by atoms with van der Waals surface area (Å²) < 4.78 is 8.16. The van der Waals surface area contributed by atoms with Crippen molar-refractivity contribution in [3.05, 3.63) is 11.9 Å². The summed E-state index contributed by atoms with van der Waals surface area (Å²) in [5, 5.41) is 17.9. The van der Waals surface area contributed by atoms with Gasteiger partial charge in [-0.05, 0) is 32.1 Å². The maximum atomic E-state index is 9.76. The predicted molar refractivity (Wildman–Crippen MR) is 75.2 cm³/mol. The molecule has 112 valence electrons. The zero-order valence-electron chi connectivity index (χ0n) is 12.3. The topological polar surface area (TPSA) is 60.2 Å². The third kappa shape index (κ3) is 2.88. The lowest BCUT2D eigenvalue weighted by Crippen LogP contribution is -2.32. The number of hydrogen-bond acceptors (Lipinski definition) is 4. The summed E-state index contributed by atoms with van der Waals surface area (Å²) in [6.45, 7) is 2.70. The van der Waals surface area contributed by atoms with Crippen LogP contribution < -0.4 is 0 Å². The van der Waals surface area contributed by atoms with Crippen LogP contribution in [0.4, 0.5) is 0 Å². The van der Waals surface area contributed by atoms with Crippen LogP contribution in [0, 0.1) is 0 Å². The van der Waals surface area contributed by atoms with Crippen LogP contribution in [0.15, 0.2) is 6.20 Å². The Hall–Kier alpha value is -0.940. The Morgan fingerprint density at radius 1 is 1.40 bits per heavy atom. The molecule has 0 amide bonds. The minimum Gasteiger partial charge on any atom is -0.387 e. The first-order chi connectivity index (χ1) is 9.71. The van der Waals surface area contributed by atoms with Crippen molar-refractivity contribution in [1.29, 1.82) is 0 Å². The maximum Gasteiger partial charge on any atom is 0.111 e. The van der Waals surface area contributed by atoms with Crippen LogP contribution in [0.2, 0.25) is 0 Å². The van der Waals surface area contributed by atoms with Gasteiger partial charge in [0.2, 0.25) is 0 Å². The first-order valence-electron chi connectivity index (χ1n) is 7.97. The van der Waals surface area contributed by atoms with Crippen molar-refractivity contribution in [3.63, 3.8) is 0 Å². The number of nitrogens with zero attached hydrogens (tertiary/aromatic N) is 3. The first-order valence-corrected chi connectivity index (χ1v) is 7.97. The molecule has 20 heavy (non-hydrogen) atoms. The summed E-state index contributed by atoms with van der Waals surface area (Å²) in [4.78, 5) is 0. The van der Waals surface area contributed by atoms with Gasteiger partial charge in [0.25, 0.3) is 0 Å². The molecule has 2 aliphatic rings. The lowest BCUT2D eigenvalue weighted by atomic mass is 9.83. The minimum absolute atomic E-state index is 0.162. The summed E-state index contributed by atoms with van der Waals surface area (Å²) >= 11 is 0. The molecule has 0 bridgehead atoms. The van der Waals surface area contributed by atoms with Gasteiger partial charge in [-0.3, -0.25) is 0 Å². The van der Waals surface area contributed by atoms with E-state index in [9.17, 15) is 5.11 Å². The van der Waals surface area contributed by atoms with E-state index in [2.05, 4.69) is 10.3 Å².